The van der Waals surface area contributed by atoms with Crippen molar-refractivity contribution in [3.8, 4) is 0 Å². The van der Waals surface area contributed by atoms with Crippen molar-refractivity contribution in [3.05, 3.63) is 18.0 Å². The number of aryl methyl sites for hydroxylation is 1. The number of nitrogens with one attached hydrogen (secondary N) is 1. The van der Waals surface area contributed by atoms with Crippen molar-refractivity contribution in [2.24, 2.45) is 18.0 Å². The van der Waals surface area contributed by atoms with Crippen LogP contribution in [-0.2, 0) is 13.6 Å². The van der Waals surface area contributed by atoms with Gasteiger partial charge in [0, 0.05) is 32.9 Å². The van der Waals surface area contributed by atoms with Crippen LogP contribution in [0.3, 0.4) is 0 Å². The molecular formula is C14H25N5. The molecule has 1 aromatic heterocycles. The zero-order valence-electron chi connectivity index (χ0n) is 12.3. The maximum Gasteiger partial charge on any atom is 0.194 e. The lowest BCUT2D eigenvalue weighted by Gasteiger charge is -2.33. The summed E-state index contributed by atoms with van der Waals surface area (Å²) < 4.78 is 1.88. The predicted octanol–water partition coefficient (Wildman–Crippen LogP) is 1.62. The Kier molecular flexibility index (Phi) is 4.82. The quantitative estimate of drug-likeness (QED) is 0.666. The maximum atomic E-state index is 4.75. The molecule has 2 heterocycles. The van der Waals surface area contributed by atoms with Gasteiger partial charge in [-0.1, -0.05) is 6.92 Å². The van der Waals surface area contributed by atoms with E-state index in [0.717, 1.165) is 37.2 Å². The van der Waals surface area contributed by atoms with Gasteiger partial charge in [-0.3, -0.25) is 4.68 Å². The van der Waals surface area contributed by atoms with E-state index in [1.165, 1.54) is 12.8 Å². The number of rotatable bonds is 3. The highest BCUT2D eigenvalue weighted by molar-refractivity contribution is 5.80. The van der Waals surface area contributed by atoms with Crippen LogP contribution < -0.4 is 5.32 Å². The molecule has 0 radical (unpaired) electrons. The Hall–Kier alpha value is -1.52. The monoisotopic (exact) mass is 263 g/mol. The molecule has 106 valence electrons. The summed E-state index contributed by atoms with van der Waals surface area (Å²) >= 11 is 0. The highest BCUT2D eigenvalue weighted by Crippen LogP contribution is 2.15. The summed E-state index contributed by atoms with van der Waals surface area (Å²) in [5, 5.41) is 7.58. The van der Waals surface area contributed by atoms with Crippen LogP contribution in [0.4, 0.5) is 0 Å². The summed E-state index contributed by atoms with van der Waals surface area (Å²) in [5.74, 6) is 1.80. The van der Waals surface area contributed by atoms with Crippen molar-refractivity contribution in [1.29, 1.82) is 0 Å². The minimum absolute atomic E-state index is 0.684. The first-order chi connectivity index (χ1) is 9.20. The lowest BCUT2D eigenvalue weighted by atomic mass is 10.0. The van der Waals surface area contributed by atoms with E-state index in [4.69, 9.17) is 4.99 Å². The second-order valence-electron chi connectivity index (χ2n) is 5.31. The molecule has 0 saturated carbocycles. The smallest absolute Gasteiger partial charge is 0.194 e. The Bertz CT molecular complexity index is 423. The van der Waals surface area contributed by atoms with Gasteiger partial charge in [0.05, 0.1) is 12.2 Å². The fourth-order valence-corrected chi connectivity index (χ4v) is 2.52. The van der Waals surface area contributed by atoms with Crippen molar-refractivity contribution in [3.63, 3.8) is 0 Å². The van der Waals surface area contributed by atoms with Gasteiger partial charge in [0.1, 0.15) is 0 Å². The first kappa shape index (κ1) is 13.9. The number of piperidine rings is 1. The highest BCUT2D eigenvalue weighted by atomic mass is 15.3. The molecule has 0 bridgehead atoms. The number of hydrogen-bond donors (Lipinski definition) is 1. The van der Waals surface area contributed by atoms with E-state index in [2.05, 4.69) is 29.2 Å². The third kappa shape index (κ3) is 3.72. The molecule has 0 amide bonds. The maximum absolute atomic E-state index is 4.75. The third-order valence-electron chi connectivity index (χ3n) is 3.60. The van der Waals surface area contributed by atoms with Crippen molar-refractivity contribution in [2.75, 3.05) is 19.6 Å². The minimum atomic E-state index is 0.684. The van der Waals surface area contributed by atoms with Gasteiger partial charge < -0.3 is 10.2 Å². The fourth-order valence-electron chi connectivity index (χ4n) is 2.52. The Morgan fingerprint density at radius 1 is 1.58 bits per heavy atom. The summed E-state index contributed by atoms with van der Waals surface area (Å²) in [4.78, 5) is 7.13. The molecule has 19 heavy (non-hydrogen) atoms. The lowest BCUT2D eigenvalue weighted by molar-refractivity contribution is 0.266. The summed E-state index contributed by atoms with van der Waals surface area (Å²) in [7, 11) is 1.96. The van der Waals surface area contributed by atoms with Gasteiger partial charge in [-0.05, 0) is 31.7 Å². The number of hydrogen-bond acceptors (Lipinski definition) is 2. The summed E-state index contributed by atoms with van der Waals surface area (Å²) in [6.45, 7) is 8.25. The second-order valence-corrected chi connectivity index (χ2v) is 5.31. The van der Waals surface area contributed by atoms with Crippen LogP contribution in [0.1, 0.15) is 32.4 Å². The van der Waals surface area contributed by atoms with Crippen LogP contribution in [0.15, 0.2) is 17.3 Å². The summed E-state index contributed by atoms with van der Waals surface area (Å²) in [6.07, 6.45) is 4.41. The standard InChI is InChI=1S/C14H25N5/c1-4-15-14(19-9-5-6-12(2)11-19)16-10-13-7-8-17-18(13)3/h7-8,12H,4-6,9-11H2,1-3H3,(H,15,16). The Morgan fingerprint density at radius 3 is 3.05 bits per heavy atom. The van der Waals surface area contributed by atoms with Crippen LogP contribution in [-0.4, -0.2) is 40.3 Å². The number of nitrogens with zero attached hydrogens (tertiary/aromatic N) is 4. The Balaban J connectivity index is 2.04. The lowest BCUT2D eigenvalue weighted by Crippen LogP contribution is -2.46. The van der Waals surface area contributed by atoms with Crippen LogP contribution in [0.25, 0.3) is 0 Å². The molecule has 0 aliphatic carbocycles. The average molecular weight is 263 g/mol. The van der Waals surface area contributed by atoms with Crippen molar-refractivity contribution in [2.45, 2.75) is 33.2 Å². The first-order valence-electron chi connectivity index (χ1n) is 7.20. The largest absolute Gasteiger partial charge is 0.357 e. The van der Waals surface area contributed by atoms with E-state index in [0.29, 0.717) is 6.54 Å². The third-order valence-corrected chi connectivity index (χ3v) is 3.60. The molecule has 1 aliphatic rings. The summed E-state index contributed by atoms with van der Waals surface area (Å²) in [5.41, 5.74) is 1.14. The van der Waals surface area contributed by atoms with Gasteiger partial charge in [0.25, 0.3) is 0 Å². The van der Waals surface area contributed by atoms with Gasteiger partial charge in [-0.2, -0.15) is 5.10 Å². The molecule has 0 spiro atoms. The van der Waals surface area contributed by atoms with Crippen LogP contribution in [0.5, 0.6) is 0 Å². The van der Waals surface area contributed by atoms with Gasteiger partial charge in [0.2, 0.25) is 0 Å². The van der Waals surface area contributed by atoms with Gasteiger partial charge >= 0.3 is 0 Å². The molecule has 1 aliphatic heterocycles. The van der Waals surface area contributed by atoms with E-state index >= 15 is 0 Å². The van der Waals surface area contributed by atoms with Gasteiger partial charge in [0.15, 0.2) is 5.96 Å². The zero-order chi connectivity index (χ0) is 13.7. The average Bonchev–Trinajstić information content (AvgIpc) is 2.80. The SMILES string of the molecule is CCNC(=NCc1ccnn1C)N1CCCC(C)C1. The van der Waals surface area contributed by atoms with Crippen LogP contribution in [0.2, 0.25) is 0 Å². The molecule has 1 aromatic rings. The highest BCUT2D eigenvalue weighted by Gasteiger charge is 2.19. The number of likely N-dealkylation sites (tertiary alicyclic amines) is 1. The second kappa shape index (κ2) is 6.59. The van der Waals surface area contributed by atoms with Gasteiger partial charge in [-0.15, -0.1) is 0 Å². The van der Waals surface area contributed by atoms with Crippen molar-refractivity contribution >= 4 is 5.96 Å². The minimum Gasteiger partial charge on any atom is -0.357 e. The number of guanidine groups is 1. The molecular weight excluding hydrogens is 238 g/mol. The molecule has 1 N–H and O–H groups in total. The van der Waals surface area contributed by atoms with E-state index in [-0.39, 0.29) is 0 Å². The van der Waals surface area contributed by atoms with Crippen molar-refractivity contribution in [1.82, 2.24) is 20.0 Å². The van der Waals surface area contributed by atoms with E-state index < -0.39 is 0 Å². The predicted molar refractivity (Wildman–Crippen MR) is 78.0 cm³/mol. The van der Waals surface area contributed by atoms with E-state index in [1.54, 1.807) is 0 Å². The summed E-state index contributed by atoms with van der Waals surface area (Å²) in [6, 6.07) is 2.02. The topological polar surface area (TPSA) is 45.5 Å². The number of aromatic nitrogens is 2. The van der Waals surface area contributed by atoms with Crippen molar-refractivity contribution < 1.29 is 0 Å². The Morgan fingerprint density at radius 2 is 2.42 bits per heavy atom. The molecule has 1 fully saturated rings. The molecule has 5 heteroatoms. The molecule has 1 saturated heterocycles. The molecule has 1 atom stereocenters. The Labute approximate surface area is 115 Å². The van der Waals surface area contributed by atoms with E-state index in [1.807, 2.05) is 24.0 Å². The molecule has 5 nitrogen and oxygen atoms in total. The van der Waals surface area contributed by atoms with Gasteiger partial charge in [-0.25, -0.2) is 4.99 Å². The molecule has 2 rings (SSSR count). The fraction of sp³-hybridized carbons (Fsp3) is 0.714. The molecule has 0 aromatic carbocycles. The number of aliphatic imine (C=N–C) groups is 1. The van der Waals surface area contributed by atoms with E-state index in [9.17, 15) is 0 Å². The van der Waals surface area contributed by atoms with Crippen LogP contribution in [0, 0.1) is 5.92 Å². The first-order valence-corrected chi connectivity index (χ1v) is 7.20. The normalized spacial score (nSPS) is 20.7. The van der Waals surface area contributed by atoms with Crippen LogP contribution >= 0.6 is 0 Å². The molecule has 1 unspecified atom stereocenters. The zero-order valence-corrected chi connectivity index (χ0v) is 12.3.